The first kappa shape index (κ1) is 17.1. The quantitative estimate of drug-likeness (QED) is 0.424. The Labute approximate surface area is 149 Å². The Morgan fingerprint density at radius 1 is 1.12 bits per heavy atom. The van der Waals surface area contributed by atoms with Gasteiger partial charge in [0.05, 0.1) is 0 Å². The van der Waals surface area contributed by atoms with Crippen molar-refractivity contribution in [3.63, 3.8) is 0 Å². The van der Waals surface area contributed by atoms with Gasteiger partial charge in [-0.1, -0.05) is 24.3 Å². The van der Waals surface area contributed by atoms with E-state index in [1.54, 1.807) is 22.9 Å². The zero-order valence-corrected chi connectivity index (χ0v) is 14.3. The monoisotopic (exact) mass is 354 g/mol. The van der Waals surface area contributed by atoms with Crippen molar-refractivity contribution in [2.45, 2.75) is 18.9 Å². The minimum Gasteiger partial charge on any atom is -0.349 e. The van der Waals surface area contributed by atoms with Crippen molar-refractivity contribution >= 4 is 40.9 Å². The predicted octanol–water partition coefficient (Wildman–Crippen LogP) is 3.09. The van der Waals surface area contributed by atoms with Gasteiger partial charge in [0.1, 0.15) is 0 Å². The van der Waals surface area contributed by atoms with Crippen LogP contribution in [-0.4, -0.2) is 23.1 Å². The maximum atomic E-state index is 12.5. The van der Waals surface area contributed by atoms with E-state index in [9.17, 15) is 9.59 Å². The number of nitrogens with one attached hydrogen (secondary N) is 2. The van der Waals surface area contributed by atoms with E-state index in [2.05, 4.69) is 5.32 Å². The Morgan fingerprint density at radius 3 is 2.44 bits per heavy atom. The lowest BCUT2D eigenvalue weighted by molar-refractivity contribution is -0.124. The zero-order valence-electron chi connectivity index (χ0n) is 13.4. The van der Waals surface area contributed by atoms with E-state index in [0.29, 0.717) is 11.6 Å². The minimum absolute atomic E-state index is 0.0514. The Hall–Kier alpha value is -2.70. The van der Waals surface area contributed by atoms with Gasteiger partial charge < -0.3 is 5.32 Å². The smallest absolute Gasteiger partial charge is 0.267 e. The van der Waals surface area contributed by atoms with Gasteiger partial charge in [-0.25, -0.2) is 5.48 Å². The molecule has 2 amide bonds. The number of hydrogen-bond acceptors (Lipinski definition) is 4. The summed E-state index contributed by atoms with van der Waals surface area (Å²) in [6, 6.07) is 9.70. The largest absolute Gasteiger partial charge is 0.349 e. The molecule has 0 atom stereocenters. The molecule has 128 valence electrons. The summed E-state index contributed by atoms with van der Waals surface area (Å²) in [6.07, 6.45) is 6.80. The van der Waals surface area contributed by atoms with E-state index in [4.69, 9.17) is 5.21 Å². The van der Waals surface area contributed by atoms with E-state index in [0.717, 1.165) is 29.5 Å². The fraction of sp³-hybridized carbons (Fsp3) is 0.158. The van der Waals surface area contributed by atoms with Crippen molar-refractivity contribution < 1.29 is 14.8 Å². The molecule has 6 heteroatoms. The maximum Gasteiger partial charge on any atom is 0.267 e. The van der Waals surface area contributed by atoms with Gasteiger partial charge in [0.25, 0.3) is 11.8 Å². The van der Waals surface area contributed by atoms with Crippen LogP contribution in [0, 0.1) is 0 Å². The lowest BCUT2D eigenvalue weighted by Gasteiger charge is -2.07. The van der Waals surface area contributed by atoms with Crippen molar-refractivity contribution in [3.8, 4) is 0 Å². The average molecular weight is 354 g/mol. The molecule has 2 aromatic rings. The number of rotatable bonds is 6. The van der Waals surface area contributed by atoms with Crippen molar-refractivity contribution in [2.24, 2.45) is 0 Å². The van der Waals surface area contributed by atoms with Crippen LogP contribution in [0.25, 0.3) is 17.7 Å². The Morgan fingerprint density at radius 2 is 1.84 bits per heavy atom. The molecule has 1 aliphatic rings. The number of hydrogen-bond donors (Lipinski definition) is 3. The Balaban J connectivity index is 1.80. The van der Waals surface area contributed by atoms with Crippen molar-refractivity contribution in [2.75, 3.05) is 0 Å². The third kappa shape index (κ3) is 4.89. The van der Waals surface area contributed by atoms with Crippen LogP contribution in [-0.2, 0) is 9.59 Å². The van der Waals surface area contributed by atoms with Crippen LogP contribution in [0.3, 0.4) is 0 Å². The molecule has 1 saturated carbocycles. The highest BCUT2D eigenvalue weighted by Gasteiger charge is 2.25. The molecule has 0 spiro atoms. The number of hydroxylamine groups is 1. The van der Waals surface area contributed by atoms with E-state index < -0.39 is 5.91 Å². The van der Waals surface area contributed by atoms with Crippen LogP contribution < -0.4 is 10.8 Å². The van der Waals surface area contributed by atoms with Gasteiger partial charge in [0.15, 0.2) is 0 Å². The van der Waals surface area contributed by atoms with E-state index in [-0.39, 0.29) is 5.91 Å². The molecule has 0 radical (unpaired) electrons. The molecular weight excluding hydrogens is 336 g/mol. The van der Waals surface area contributed by atoms with Gasteiger partial charge in [0, 0.05) is 17.7 Å². The van der Waals surface area contributed by atoms with E-state index >= 15 is 0 Å². The lowest BCUT2D eigenvalue weighted by Crippen LogP contribution is -2.26. The summed E-state index contributed by atoms with van der Waals surface area (Å²) in [5.74, 6) is -0.634. The summed E-state index contributed by atoms with van der Waals surface area (Å²) in [7, 11) is 0. The Kier molecular flexibility index (Phi) is 5.42. The first-order valence-electron chi connectivity index (χ1n) is 7.93. The number of carbonyl (C=O) groups is 2. The van der Waals surface area contributed by atoms with Crippen LogP contribution in [0.5, 0.6) is 0 Å². The second kappa shape index (κ2) is 7.92. The van der Waals surface area contributed by atoms with Crippen LogP contribution in [0.2, 0.25) is 0 Å². The minimum atomic E-state index is -0.583. The van der Waals surface area contributed by atoms with Gasteiger partial charge in [-0.2, -0.15) is 11.3 Å². The highest BCUT2D eigenvalue weighted by Crippen LogP contribution is 2.25. The highest BCUT2D eigenvalue weighted by atomic mass is 32.1. The van der Waals surface area contributed by atoms with E-state index in [1.807, 2.05) is 47.2 Å². The second-order valence-electron chi connectivity index (χ2n) is 5.79. The molecule has 1 fully saturated rings. The SMILES string of the molecule is O=C(C=Cc1ccc(C=C(C(=O)NC2CC2)c2ccsc2)cc1)NO. The van der Waals surface area contributed by atoms with Gasteiger partial charge in [-0.3, -0.25) is 14.8 Å². The first-order chi connectivity index (χ1) is 12.2. The number of thiophene rings is 1. The van der Waals surface area contributed by atoms with Gasteiger partial charge in [-0.05, 0) is 58.5 Å². The van der Waals surface area contributed by atoms with Crippen LogP contribution >= 0.6 is 11.3 Å². The van der Waals surface area contributed by atoms with Crippen molar-refractivity contribution in [3.05, 3.63) is 63.9 Å². The summed E-state index contributed by atoms with van der Waals surface area (Å²) in [5.41, 5.74) is 4.82. The number of benzene rings is 1. The van der Waals surface area contributed by atoms with Crippen molar-refractivity contribution in [1.29, 1.82) is 0 Å². The van der Waals surface area contributed by atoms with Gasteiger partial charge in [-0.15, -0.1) is 0 Å². The molecule has 5 nitrogen and oxygen atoms in total. The van der Waals surface area contributed by atoms with Crippen LogP contribution in [0.1, 0.15) is 29.5 Å². The fourth-order valence-electron chi connectivity index (χ4n) is 2.27. The maximum absolute atomic E-state index is 12.5. The number of carbonyl (C=O) groups excluding carboxylic acids is 2. The molecule has 0 aliphatic heterocycles. The molecule has 0 saturated heterocycles. The zero-order chi connectivity index (χ0) is 17.6. The first-order valence-corrected chi connectivity index (χ1v) is 8.87. The summed E-state index contributed by atoms with van der Waals surface area (Å²) >= 11 is 1.56. The van der Waals surface area contributed by atoms with Crippen LogP contribution in [0.15, 0.2) is 47.2 Å². The summed E-state index contributed by atoms with van der Waals surface area (Å²) in [4.78, 5) is 23.5. The third-order valence-electron chi connectivity index (χ3n) is 3.77. The molecule has 1 aliphatic carbocycles. The third-order valence-corrected chi connectivity index (χ3v) is 4.46. The molecule has 1 heterocycles. The molecule has 1 aromatic carbocycles. The van der Waals surface area contributed by atoms with Gasteiger partial charge >= 0.3 is 0 Å². The summed E-state index contributed by atoms with van der Waals surface area (Å²) in [5, 5.41) is 15.4. The predicted molar refractivity (Wildman–Crippen MR) is 98.8 cm³/mol. The molecule has 0 unspecified atom stereocenters. The molecule has 1 aromatic heterocycles. The molecular formula is C19H18N2O3S. The average Bonchev–Trinajstić information content (AvgIpc) is 3.28. The normalized spacial score (nSPS) is 14.5. The highest BCUT2D eigenvalue weighted by molar-refractivity contribution is 7.08. The Bertz CT molecular complexity index is 804. The molecule has 3 N–H and O–H groups in total. The standard InChI is InChI=1S/C19H18N2O3S/c22-18(21-24)8-5-13-1-3-14(4-2-13)11-17(15-9-10-25-12-15)19(23)20-16-6-7-16/h1-5,8-12,16,24H,6-7H2,(H,20,23)(H,21,22). The van der Waals surface area contributed by atoms with Crippen LogP contribution in [0.4, 0.5) is 0 Å². The molecule has 25 heavy (non-hydrogen) atoms. The topological polar surface area (TPSA) is 78.4 Å². The van der Waals surface area contributed by atoms with E-state index in [1.165, 1.54) is 6.08 Å². The summed E-state index contributed by atoms with van der Waals surface area (Å²) < 4.78 is 0. The van der Waals surface area contributed by atoms with Crippen molar-refractivity contribution in [1.82, 2.24) is 10.8 Å². The lowest BCUT2D eigenvalue weighted by atomic mass is 10.0. The molecule has 0 bridgehead atoms. The molecule has 3 rings (SSSR count). The number of amides is 2. The van der Waals surface area contributed by atoms with Gasteiger partial charge in [0.2, 0.25) is 0 Å². The summed E-state index contributed by atoms with van der Waals surface area (Å²) in [6.45, 7) is 0. The second-order valence-corrected chi connectivity index (χ2v) is 6.57. The fourth-order valence-corrected chi connectivity index (χ4v) is 2.92.